The molecule has 0 fully saturated rings. The summed E-state index contributed by atoms with van der Waals surface area (Å²) in [6.07, 6.45) is 0. The predicted molar refractivity (Wildman–Crippen MR) is 74.7 cm³/mol. The van der Waals surface area contributed by atoms with Crippen LogP contribution in [0.15, 0.2) is 24.3 Å². The number of nitro groups is 1. The molecule has 7 nitrogen and oxygen atoms in total. The Balaban J connectivity index is 2.43. The van der Waals surface area contributed by atoms with Crippen molar-refractivity contribution in [3.05, 3.63) is 34.4 Å². The Kier molecular flexibility index (Phi) is 6.45. The van der Waals surface area contributed by atoms with Crippen molar-refractivity contribution in [3.8, 4) is 5.75 Å². The maximum Gasteiger partial charge on any atom is 0.310 e. The summed E-state index contributed by atoms with van der Waals surface area (Å²) in [5, 5.41) is 16.6. The fourth-order valence-corrected chi connectivity index (χ4v) is 1.61. The molecule has 0 saturated heterocycles. The topological polar surface area (TPSA) is 93.5 Å². The van der Waals surface area contributed by atoms with Crippen LogP contribution in [0, 0.1) is 10.1 Å². The zero-order valence-electron chi connectivity index (χ0n) is 11.6. The first-order valence-electron chi connectivity index (χ1n) is 6.41. The molecule has 0 radical (unpaired) electrons. The van der Waals surface area contributed by atoms with Gasteiger partial charge in [-0.2, -0.15) is 0 Å². The van der Waals surface area contributed by atoms with E-state index in [-0.39, 0.29) is 30.0 Å². The molecule has 0 aliphatic heterocycles. The van der Waals surface area contributed by atoms with Crippen LogP contribution in [0.3, 0.4) is 0 Å². The molecule has 7 heteroatoms. The van der Waals surface area contributed by atoms with Gasteiger partial charge in [-0.3, -0.25) is 14.9 Å². The lowest BCUT2D eigenvalue weighted by Crippen LogP contribution is -2.40. The monoisotopic (exact) mass is 281 g/mol. The van der Waals surface area contributed by atoms with Gasteiger partial charge in [-0.15, -0.1) is 0 Å². The first-order valence-corrected chi connectivity index (χ1v) is 6.41. The number of rotatable bonds is 8. The number of hydrogen-bond acceptors (Lipinski definition) is 5. The molecule has 1 aromatic carbocycles. The molecule has 0 spiro atoms. The summed E-state index contributed by atoms with van der Waals surface area (Å²) in [4.78, 5) is 21.8. The van der Waals surface area contributed by atoms with E-state index in [1.807, 2.05) is 13.8 Å². The van der Waals surface area contributed by atoms with Crippen molar-refractivity contribution in [1.29, 1.82) is 0 Å². The quantitative estimate of drug-likeness (QED) is 0.549. The molecule has 0 unspecified atom stereocenters. The molecule has 110 valence electrons. The van der Waals surface area contributed by atoms with E-state index < -0.39 is 4.92 Å². The summed E-state index contributed by atoms with van der Waals surface area (Å²) in [6, 6.07) is 6.12. The molecule has 1 rings (SSSR count). The first kappa shape index (κ1) is 15.9. The molecule has 1 aromatic rings. The molecule has 1 amide bonds. The fraction of sp³-hybridized carbons (Fsp3) is 0.462. The van der Waals surface area contributed by atoms with Crippen LogP contribution >= 0.6 is 0 Å². The van der Waals surface area contributed by atoms with Gasteiger partial charge in [0.15, 0.2) is 12.4 Å². The normalized spacial score (nSPS) is 11.7. The van der Waals surface area contributed by atoms with Gasteiger partial charge in [-0.05, 0) is 19.5 Å². The summed E-state index contributed by atoms with van der Waals surface area (Å²) >= 11 is 0. The van der Waals surface area contributed by atoms with E-state index in [1.165, 1.54) is 12.1 Å². The maximum absolute atomic E-state index is 11.6. The number of nitrogens with one attached hydrogen (secondary N) is 2. The summed E-state index contributed by atoms with van der Waals surface area (Å²) in [5.41, 5.74) is -0.152. The molecule has 0 bridgehead atoms. The van der Waals surface area contributed by atoms with Crippen LogP contribution in [-0.4, -0.2) is 36.6 Å². The zero-order valence-corrected chi connectivity index (χ0v) is 11.6. The van der Waals surface area contributed by atoms with E-state index in [9.17, 15) is 14.9 Å². The van der Waals surface area contributed by atoms with Crippen molar-refractivity contribution in [1.82, 2.24) is 10.6 Å². The number of nitro benzene ring substituents is 1. The Hall–Kier alpha value is -2.15. The lowest BCUT2D eigenvalue weighted by Gasteiger charge is -2.13. The Morgan fingerprint density at radius 1 is 1.45 bits per heavy atom. The van der Waals surface area contributed by atoms with Crippen LogP contribution in [-0.2, 0) is 4.79 Å². The number of para-hydroxylation sites is 2. The Morgan fingerprint density at radius 3 is 2.80 bits per heavy atom. The van der Waals surface area contributed by atoms with Crippen molar-refractivity contribution in [2.75, 3.05) is 19.7 Å². The van der Waals surface area contributed by atoms with Crippen LogP contribution in [0.2, 0.25) is 0 Å². The molecule has 0 aromatic heterocycles. The largest absolute Gasteiger partial charge is 0.477 e. The second-order valence-corrected chi connectivity index (χ2v) is 4.28. The van der Waals surface area contributed by atoms with Gasteiger partial charge in [-0.25, -0.2) is 0 Å². The molecule has 20 heavy (non-hydrogen) atoms. The minimum atomic E-state index is -0.541. The highest BCUT2D eigenvalue weighted by molar-refractivity contribution is 5.77. The van der Waals surface area contributed by atoms with Crippen LogP contribution in [0.5, 0.6) is 5.75 Å². The maximum atomic E-state index is 11.6. The Morgan fingerprint density at radius 2 is 2.15 bits per heavy atom. The van der Waals surface area contributed by atoms with Gasteiger partial charge >= 0.3 is 5.69 Å². The van der Waals surface area contributed by atoms with Gasteiger partial charge in [-0.1, -0.05) is 19.1 Å². The van der Waals surface area contributed by atoms with E-state index in [0.717, 1.165) is 6.54 Å². The number of carbonyl (C=O) groups is 1. The van der Waals surface area contributed by atoms with E-state index in [2.05, 4.69) is 10.6 Å². The number of likely N-dealkylation sites (N-methyl/N-ethyl adjacent to an activating group) is 1. The molecule has 1 atom stereocenters. The van der Waals surface area contributed by atoms with Crippen molar-refractivity contribution < 1.29 is 14.5 Å². The van der Waals surface area contributed by atoms with E-state index >= 15 is 0 Å². The van der Waals surface area contributed by atoms with E-state index in [0.29, 0.717) is 6.54 Å². The van der Waals surface area contributed by atoms with Crippen LogP contribution in [0.1, 0.15) is 13.8 Å². The number of hydrogen-bond donors (Lipinski definition) is 2. The molecule has 0 aliphatic carbocycles. The lowest BCUT2D eigenvalue weighted by atomic mass is 10.3. The number of amides is 1. The average Bonchev–Trinajstić information content (AvgIpc) is 2.43. The number of benzene rings is 1. The van der Waals surface area contributed by atoms with Gasteiger partial charge < -0.3 is 15.4 Å². The van der Waals surface area contributed by atoms with Gasteiger partial charge in [0.2, 0.25) is 0 Å². The molecular formula is C13H19N3O4. The highest BCUT2D eigenvalue weighted by Gasteiger charge is 2.14. The number of carbonyl (C=O) groups excluding carboxylic acids is 1. The zero-order chi connectivity index (χ0) is 15.0. The fourth-order valence-electron chi connectivity index (χ4n) is 1.61. The van der Waals surface area contributed by atoms with Crippen molar-refractivity contribution in [2.24, 2.45) is 0 Å². The minimum Gasteiger partial charge on any atom is -0.477 e. The second kappa shape index (κ2) is 8.11. The smallest absolute Gasteiger partial charge is 0.310 e. The Labute approximate surface area is 117 Å². The van der Waals surface area contributed by atoms with Crippen LogP contribution in [0.25, 0.3) is 0 Å². The van der Waals surface area contributed by atoms with Crippen molar-refractivity contribution in [2.45, 2.75) is 19.9 Å². The third-order valence-corrected chi connectivity index (χ3v) is 2.58. The molecular weight excluding hydrogens is 262 g/mol. The van der Waals surface area contributed by atoms with Crippen molar-refractivity contribution in [3.63, 3.8) is 0 Å². The van der Waals surface area contributed by atoms with Gasteiger partial charge in [0.25, 0.3) is 5.91 Å². The average molecular weight is 281 g/mol. The first-order chi connectivity index (χ1) is 9.54. The number of nitrogens with zero attached hydrogens (tertiary/aromatic N) is 1. The van der Waals surface area contributed by atoms with E-state index in [1.54, 1.807) is 12.1 Å². The lowest BCUT2D eigenvalue weighted by molar-refractivity contribution is -0.385. The molecule has 0 aliphatic rings. The van der Waals surface area contributed by atoms with Crippen LogP contribution < -0.4 is 15.4 Å². The van der Waals surface area contributed by atoms with Crippen molar-refractivity contribution >= 4 is 11.6 Å². The number of ether oxygens (including phenoxy) is 1. The minimum absolute atomic E-state index is 0.0902. The van der Waals surface area contributed by atoms with Gasteiger partial charge in [0, 0.05) is 18.7 Å². The molecule has 0 heterocycles. The summed E-state index contributed by atoms with van der Waals surface area (Å²) in [5.74, 6) is -0.222. The SMILES string of the molecule is CCN[C@H](C)CNC(=O)COc1ccccc1[N+](=O)[O-]. The standard InChI is InChI=1S/C13H19N3O4/c1-3-14-10(2)8-15-13(17)9-20-12-7-5-4-6-11(12)16(18)19/h4-7,10,14H,3,8-9H2,1-2H3,(H,15,17)/t10-/m1/s1. The highest BCUT2D eigenvalue weighted by Crippen LogP contribution is 2.25. The molecule has 2 N–H and O–H groups in total. The third kappa shape index (κ3) is 5.23. The van der Waals surface area contributed by atoms with Crippen LogP contribution in [0.4, 0.5) is 5.69 Å². The third-order valence-electron chi connectivity index (χ3n) is 2.58. The molecule has 0 saturated carbocycles. The summed E-state index contributed by atoms with van der Waals surface area (Å²) in [6.45, 7) is 4.99. The summed E-state index contributed by atoms with van der Waals surface area (Å²) < 4.78 is 5.18. The second-order valence-electron chi connectivity index (χ2n) is 4.28. The summed E-state index contributed by atoms with van der Waals surface area (Å²) in [7, 11) is 0. The predicted octanol–water partition coefficient (Wildman–Crippen LogP) is 1.09. The Bertz CT molecular complexity index is 465. The van der Waals surface area contributed by atoms with E-state index in [4.69, 9.17) is 4.74 Å². The highest BCUT2D eigenvalue weighted by atomic mass is 16.6. The van der Waals surface area contributed by atoms with Gasteiger partial charge in [0.1, 0.15) is 0 Å². The van der Waals surface area contributed by atoms with Gasteiger partial charge in [0.05, 0.1) is 4.92 Å².